The summed E-state index contributed by atoms with van der Waals surface area (Å²) in [5.41, 5.74) is 0.597. The Kier molecular flexibility index (Phi) is 7.35. The van der Waals surface area contributed by atoms with Crippen LogP contribution in [0.5, 0.6) is 5.75 Å². The van der Waals surface area contributed by atoms with Crippen molar-refractivity contribution in [2.24, 2.45) is 9.98 Å². The summed E-state index contributed by atoms with van der Waals surface area (Å²) < 4.78 is 7.63. The summed E-state index contributed by atoms with van der Waals surface area (Å²) in [6.45, 7) is 8.45. The zero-order valence-corrected chi connectivity index (χ0v) is 19.5. The van der Waals surface area contributed by atoms with Crippen LogP contribution in [0.4, 0.5) is 0 Å². The van der Waals surface area contributed by atoms with Crippen LogP contribution >= 0.6 is 22.9 Å². The first kappa shape index (κ1) is 22.5. The Hall–Kier alpha value is -2.14. The number of halogens is 1. The molecule has 6 nitrogen and oxygen atoms in total. The highest BCUT2D eigenvalue weighted by atomic mass is 35.5. The van der Waals surface area contributed by atoms with E-state index in [9.17, 15) is 5.26 Å². The minimum Gasteiger partial charge on any atom is -0.496 e. The lowest BCUT2D eigenvalue weighted by atomic mass is 9.95. The molecule has 1 aliphatic heterocycles. The van der Waals surface area contributed by atoms with Crippen molar-refractivity contribution >= 4 is 28.8 Å². The minimum absolute atomic E-state index is 0.000456. The summed E-state index contributed by atoms with van der Waals surface area (Å²) in [6.07, 6.45) is 7.66. The van der Waals surface area contributed by atoms with Crippen molar-refractivity contribution in [2.45, 2.75) is 58.0 Å². The third-order valence-electron chi connectivity index (χ3n) is 5.05. The van der Waals surface area contributed by atoms with Gasteiger partial charge in [-0.2, -0.15) is 15.2 Å². The molecule has 8 heteroatoms. The van der Waals surface area contributed by atoms with Crippen LogP contribution in [0, 0.1) is 11.5 Å². The van der Waals surface area contributed by atoms with Crippen LogP contribution in [0.2, 0.25) is 5.02 Å². The fraction of sp³-hybridized carbons (Fsp3) is 0.500. The molecule has 0 aliphatic carbocycles. The van der Waals surface area contributed by atoms with E-state index in [2.05, 4.69) is 41.8 Å². The van der Waals surface area contributed by atoms with E-state index in [0.717, 1.165) is 24.3 Å². The number of nitrogens with zero attached hydrogens (tertiary/aromatic N) is 4. The van der Waals surface area contributed by atoms with E-state index < -0.39 is 0 Å². The monoisotopic (exact) mass is 445 g/mol. The van der Waals surface area contributed by atoms with Crippen molar-refractivity contribution in [2.75, 3.05) is 13.7 Å². The van der Waals surface area contributed by atoms with Crippen LogP contribution in [0.15, 0.2) is 34.4 Å². The number of rotatable bonds is 4. The molecule has 0 saturated carbocycles. The standard InChI is InChI=1S/C22H28ClN5OS/c1-22(2,3)19-13-28(12-16-7-5-6-10-25-16)21(30-19)27-20(26-14-24)17-11-15(23)8-9-18(17)29-4/h8-9,11,13,16,25H,5-7,10,12H2,1-4H3/b26-20?,27-21-/t16-/m1/s1. The van der Waals surface area contributed by atoms with Gasteiger partial charge in [0.15, 0.2) is 10.6 Å². The number of hydrogen-bond acceptors (Lipinski definition) is 5. The third-order valence-corrected chi connectivity index (χ3v) is 6.73. The van der Waals surface area contributed by atoms with E-state index in [1.54, 1.807) is 36.6 Å². The number of thiazole rings is 1. The molecule has 3 rings (SSSR count). The van der Waals surface area contributed by atoms with Crippen molar-refractivity contribution in [3.05, 3.63) is 44.7 Å². The third kappa shape index (κ3) is 5.51. The molecule has 2 heterocycles. The van der Waals surface area contributed by atoms with E-state index in [4.69, 9.17) is 21.3 Å². The van der Waals surface area contributed by atoms with Gasteiger partial charge in [0.05, 0.1) is 12.7 Å². The number of aromatic nitrogens is 1. The Bertz CT molecular complexity index is 1020. The molecule has 1 aliphatic rings. The molecule has 1 fully saturated rings. The summed E-state index contributed by atoms with van der Waals surface area (Å²) in [5.74, 6) is 0.870. The lowest BCUT2D eigenvalue weighted by Crippen LogP contribution is -2.39. The van der Waals surface area contributed by atoms with Crippen molar-refractivity contribution in [1.82, 2.24) is 9.88 Å². The molecular formula is C22H28ClN5OS. The molecule has 2 aromatic rings. The maximum Gasteiger partial charge on any atom is 0.207 e. The molecule has 0 radical (unpaired) electrons. The summed E-state index contributed by atoms with van der Waals surface area (Å²) in [4.78, 5) is 10.8. The van der Waals surface area contributed by atoms with Gasteiger partial charge >= 0.3 is 0 Å². The van der Waals surface area contributed by atoms with Crippen molar-refractivity contribution in [3.63, 3.8) is 0 Å². The molecule has 1 atom stereocenters. The first-order valence-electron chi connectivity index (χ1n) is 10.1. The van der Waals surface area contributed by atoms with E-state index in [1.165, 1.54) is 17.7 Å². The number of nitrogens with one attached hydrogen (secondary N) is 1. The van der Waals surface area contributed by atoms with Crippen LogP contribution in [0.1, 0.15) is 50.5 Å². The molecule has 0 spiro atoms. The predicted octanol–water partition coefficient (Wildman–Crippen LogP) is 4.48. The Morgan fingerprint density at radius 2 is 2.20 bits per heavy atom. The highest BCUT2D eigenvalue weighted by Gasteiger charge is 2.21. The summed E-state index contributed by atoms with van der Waals surface area (Å²) in [5, 5.41) is 13.4. The maximum atomic E-state index is 9.29. The van der Waals surface area contributed by atoms with Crippen molar-refractivity contribution < 1.29 is 4.74 Å². The van der Waals surface area contributed by atoms with Gasteiger partial charge in [-0.1, -0.05) is 38.8 Å². The number of piperidine rings is 1. The molecular weight excluding hydrogens is 418 g/mol. The van der Waals surface area contributed by atoms with Crippen LogP contribution in [-0.2, 0) is 12.0 Å². The largest absolute Gasteiger partial charge is 0.496 e. The maximum absolute atomic E-state index is 9.29. The highest BCUT2D eigenvalue weighted by molar-refractivity contribution is 7.09. The number of methoxy groups -OCH3 is 1. The van der Waals surface area contributed by atoms with Gasteiger partial charge < -0.3 is 14.6 Å². The molecule has 0 unspecified atom stereocenters. The van der Waals surface area contributed by atoms with Gasteiger partial charge in [-0.15, -0.1) is 11.3 Å². The fourth-order valence-electron chi connectivity index (χ4n) is 3.40. The number of ether oxygens (including phenoxy) is 1. The van der Waals surface area contributed by atoms with Crippen LogP contribution < -0.4 is 14.9 Å². The first-order chi connectivity index (χ1) is 14.3. The van der Waals surface area contributed by atoms with Gasteiger partial charge in [-0.25, -0.2) is 0 Å². The fourth-order valence-corrected chi connectivity index (χ4v) is 4.63. The van der Waals surface area contributed by atoms with Crippen molar-refractivity contribution in [1.29, 1.82) is 5.26 Å². The molecule has 160 valence electrons. The number of aliphatic imine (C=N–C) groups is 1. The van der Waals surface area contributed by atoms with Gasteiger partial charge in [-0.3, -0.25) is 0 Å². The normalized spacial score (nSPS) is 18.3. The summed E-state index contributed by atoms with van der Waals surface area (Å²) in [6, 6.07) is 5.64. The Morgan fingerprint density at radius 1 is 1.40 bits per heavy atom. The minimum atomic E-state index is 0.000456. The zero-order chi connectivity index (χ0) is 21.7. The quantitative estimate of drug-likeness (QED) is 0.428. The van der Waals surface area contributed by atoms with Gasteiger partial charge in [0.1, 0.15) is 5.75 Å². The molecule has 1 N–H and O–H groups in total. The molecule has 0 amide bonds. The molecule has 1 aromatic heterocycles. The van der Waals surface area contributed by atoms with Gasteiger partial charge in [0, 0.05) is 28.7 Å². The second kappa shape index (κ2) is 9.78. The number of nitriles is 1. The summed E-state index contributed by atoms with van der Waals surface area (Å²) >= 11 is 7.83. The first-order valence-corrected chi connectivity index (χ1v) is 11.3. The average molecular weight is 446 g/mol. The van der Waals surface area contributed by atoms with Gasteiger partial charge in [0.25, 0.3) is 0 Å². The Balaban J connectivity index is 2.10. The number of benzene rings is 1. The molecule has 0 bridgehead atoms. The number of amidine groups is 1. The highest BCUT2D eigenvalue weighted by Crippen LogP contribution is 2.26. The van der Waals surface area contributed by atoms with E-state index in [0.29, 0.717) is 28.2 Å². The molecule has 30 heavy (non-hydrogen) atoms. The Morgan fingerprint density at radius 3 is 2.83 bits per heavy atom. The van der Waals surface area contributed by atoms with Crippen LogP contribution in [-0.4, -0.2) is 30.1 Å². The van der Waals surface area contributed by atoms with E-state index >= 15 is 0 Å². The summed E-state index contributed by atoms with van der Waals surface area (Å²) in [7, 11) is 1.58. The second-order valence-electron chi connectivity index (χ2n) is 8.42. The van der Waals surface area contributed by atoms with Crippen LogP contribution in [0.25, 0.3) is 0 Å². The number of hydrogen-bond donors (Lipinski definition) is 1. The van der Waals surface area contributed by atoms with E-state index in [-0.39, 0.29) is 5.41 Å². The van der Waals surface area contributed by atoms with Gasteiger partial charge in [-0.05, 0) is 43.0 Å². The lowest BCUT2D eigenvalue weighted by Gasteiger charge is -2.23. The second-order valence-corrected chi connectivity index (χ2v) is 9.86. The predicted molar refractivity (Wildman–Crippen MR) is 122 cm³/mol. The SMILES string of the molecule is COc1ccc(Cl)cc1C(=NC#N)/N=c1\sc(C(C)(C)C)cn1C[C@H]1CCCCN1. The van der Waals surface area contributed by atoms with Crippen molar-refractivity contribution in [3.8, 4) is 11.9 Å². The average Bonchev–Trinajstić information content (AvgIpc) is 3.11. The van der Waals surface area contributed by atoms with Crippen LogP contribution in [0.3, 0.4) is 0 Å². The molecule has 1 saturated heterocycles. The zero-order valence-electron chi connectivity index (χ0n) is 17.9. The lowest BCUT2D eigenvalue weighted by molar-refractivity contribution is 0.360. The Labute approximate surface area is 186 Å². The topological polar surface area (TPSA) is 74.7 Å². The molecule has 1 aromatic carbocycles. The van der Waals surface area contributed by atoms with Gasteiger partial charge in [0.2, 0.25) is 6.19 Å². The smallest absolute Gasteiger partial charge is 0.207 e. The van der Waals surface area contributed by atoms with E-state index in [1.807, 2.05) is 6.19 Å².